The first-order valence-corrected chi connectivity index (χ1v) is 33.9. The number of esters is 9. The second kappa shape index (κ2) is 30.4. The quantitative estimate of drug-likeness (QED) is 0.0448. The van der Waals surface area contributed by atoms with Crippen molar-refractivity contribution >= 4 is 53.7 Å². The van der Waals surface area contributed by atoms with Gasteiger partial charge in [0, 0.05) is 33.4 Å². The Bertz CT molecular complexity index is 5990. The maximum atomic E-state index is 16.4. The number of fused-ring (bicyclic) bond motifs is 7. The van der Waals surface area contributed by atoms with Crippen molar-refractivity contribution in [3.8, 4) is 177 Å². The van der Waals surface area contributed by atoms with Gasteiger partial charge in [-0.3, -0.25) is 0 Å². The van der Waals surface area contributed by atoms with Crippen LogP contribution in [0.1, 0.15) is 110 Å². The van der Waals surface area contributed by atoms with Gasteiger partial charge >= 0.3 is 53.7 Å². The Labute approximate surface area is 670 Å². The Morgan fingerprint density at radius 1 is 0.303 bits per heavy atom. The zero-order chi connectivity index (χ0) is 89.2. The number of hydrogen-bond donors (Lipinski definition) is 28. The molecule has 1 saturated heterocycles. The third kappa shape index (κ3) is 13.9. The molecule has 0 aliphatic carbocycles. The van der Waals surface area contributed by atoms with E-state index in [4.69, 9.17) is 47.4 Å². The number of aromatic hydroxyl groups is 27. The summed E-state index contributed by atoms with van der Waals surface area (Å²) in [6.45, 7) is -3.42. The van der Waals surface area contributed by atoms with Crippen molar-refractivity contribution in [3.63, 3.8) is 0 Å². The van der Waals surface area contributed by atoms with Crippen LogP contribution in [0, 0.1) is 0 Å². The lowest BCUT2D eigenvalue weighted by molar-refractivity contribution is -0.282. The molecular formula is C75H54O47. The molecule has 28 N–H and O–H groups in total. The number of hydrogen-bond acceptors (Lipinski definition) is 47. The van der Waals surface area contributed by atoms with Crippen LogP contribution in [-0.4, -0.2) is 265 Å². The fourth-order valence-corrected chi connectivity index (χ4v) is 13.6. The van der Waals surface area contributed by atoms with Gasteiger partial charge in [0.1, 0.15) is 25.4 Å². The molecule has 0 spiro atoms. The van der Waals surface area contributed by atoms with Crippen LogP contribution in [0.3, 0.4) is 0 Å². The minimum absolute atomic E-state index is 0.00338. The van der Waals surface area contributed by atoms with Crippen molar-refractivity contribution in [3.05, 3.63) is 134 Å². The number of ether oxygens (including phenoxy) is 10. The van der Waals surface area contributed by atoms with Gasteiger partial charge in [0.05, 0.1) is 56.0 Å². The zero-order valence-corrected chi connectivity index (χ0v) is 59.9. The fourth-order valence-electron chi connectivity index (χ4n) is 13.6. The van der Waals surface area contributed by atoms with E-state index in [2.05, 4.69) is 0 Å². The molecular weight excluding hydrogens is 1650 g/mol. The smallest absolute Gasteiger partial charge is 0.340 e. The zero-order valence-electron chi connectivity index (χ0n) is 59.9. The number of benzene rings is 9. The van der Waals surface area contributed by atoms with Crippen molar-refractivity contribution in [1.82, 2.24) is 0 Å². The van der Waals surface area contributed by atoms with Gasteiger partial charge in [-0.25, -0.2) is 43.2 Å². The first-order valence-electron chi connectivity index (χ1n) is 33.9. The molecule has 2 bridgehead atoms. The standard InChI is InChI=1S/C75H54O47/c76-23-1-15(2-24(77)45(23)89)66(104)114-14-36-61(117-67(105)16-3-25(78)46(90)26(79)4-16)64(65(121-68(106)17-5-27(80)47(91)28(81)6-17)75(115-36)122-69(107)18-7-29(82)48(92)30(83)8-18)120-73(111)22-12-34(87)52(96)56(100)40(22)43-42-44-41(57(101)59(103)58(42)102)39-21(11-33(86)51(95)55(39)99)72(110)119-63(62(43)118-74(44)112)60-35(88)13-113-70(108)19-9-31(84)49(93)53(97)37(19)38-20(71(109)116-60)10-32(85)50(94)54(38)98/h1-12,35-36,43,60-65,75-103H,13-14H2. The minimum atomic E-state index is -3.33. The van der Waals surface area contributed by atoms with E-state index < -0.39 is 367 Å². The molecule has 10 unspecified atom stereocenters. The Morgan fingerprint density at radius 2 is 0.639 bits per heavy atom. The predicted molar refractivity (Wildman–Crippen MR) is 379 cm³/mol. The summed E-state index contributed by atoms with van der Waals surface area (Å²) in [6, 6.07) is 3.68. The van der Waals surface area contributed by atoms with Crippen LogP contribution >= 0.6 is 0 Å². The molecule has 47 nitrogen and oxygen atoms in total. The molecule has 9 aromatic carbocycles. The summed E-state index contributed by atoms with van der Waals surface area (Å²) in [5, 5.41) is 311. The Morgan fingerprint density at radius 3 is 1.08 bits per heavy atom. The summed E-state index contributed by atoms with van der Waals surface area (Å²) in [5.41, 5.74) is -20.7. The molecule has 0 amide bonds. The molecule has 0 aromatic heterocycles. The summed E-state index contributed by atoms with van der Waals surface area (Å²) in [5.74, 6) is -63.6. The molecule has 636 valence electrons. The number of carbonyl (C=O) groups is 9. The van der Waals surface area contributed by atoms with Crippen molar-refractivity contribution in [2.75, 3.05) is 13.2 Å². The molecule has 47 heteroatoms. The third-order valence-corrected chi connectivity index (χ3v) is 19.3. The number of phenolic OH excluding ortho intramolecular Hbond substituents is 27. The molecule has 10 atom stereocenters. The van der Waals surface area contributed by atoms with E-state index in [-0.39, 0.29) is 18.2 Å². The van der Waals surface area contributed by atoms with Gasteiger partial charge in [0.2, 0.25) is 41.1 Å². The highest BCUT2D eigenvalue weighted by Gasteiger charge is 2.59. The van der Waals surface area contributed by atoms with Gasteiger partial charge in [-0.15, -0.1) is 0 Å². The molecule has 4 heterocycles. The SMILES string of the molecule is O=C(OCC1OC(OC(=O)c2cc(O)c(O)c(O)c2)C(OC(=O)c2cc(O)c(O)c(O)c2)C(OC(=O)c2cc(O)c(O)c(O)c2C2c3c(O)c(O)c(O)c4c3C(=O)OC2C(C2OC(=O)c3cc(O)c(O)c(O)c3-c3c(cc(O)c(O)c3O)C(=O)OCC2O)OC(=O)c2cc(O)c(O)c(O)c2-4)C1OC(=O)c1cc(O)c(O)c(O)c1)c1cc(O)c(O)c(O)c1. The number of phenols is 27. The number of carbonyl (C=O) groups excluding carboxylic acids is 9. The second-order valence-electron chi connectivity index (χ2n) is 26.7. The van der Waals surface area contributed by atoms with E-state index >= 15 is 19.2 Å². The van der Waals surface area contributed by atoms with Crippen molar-refractivity contribution in [2.45, 2.75) is 61.0 Å². The normalized spacial score (nSPS) is 19.7. The first-order chi connectivity index (χ1) is 57.3. The van der Waals surface area contributed by atoms with E-state index in [1.165, 1.54) is 0 Å². The second-order valence-corrected chi connectivity index (χ2v) is 26.7. The van der Waals surface area contributed by atoms with Crippen LogP contribution < -0.4 is 0 Å². The number of aliphatic hydroxyl groups excluding tert-OH is 1. The summed E-state index contributed by atoms with van der Waals surface area (Å²) < 4.78 is 57.3. The van der Waals surface area contributed by atoms with E-state index in [0.717, 1.165) is 0 Å². The molecule has 1 fully saturated rings. The van der Waals surface area contributed by atoms with Gasteiger partial charge in [-0.1, -0.05) is 0 Å². The van der Waals surface area contributed by atoms with Crippen LogP contribution in [0.25, 0.3) is 22.3 Å². The molecule has 4 aliphatic heterocycles. The van der Waals surface area contributed by atoms with Crippen LogP contribution in [-0.2, 0) is 47.4 Å². The van der Waals surface area contributed by atoms with Gasteiger partial charge in [0.15, 0.2) is 157 Å². The van der Waals surface area contributed by atoms with Crippen LogP contribution in [0.15, 0.2) is 72.8 Å². The number of rotatable bonds is 13. The van der Waals surface area contributed by atoms with Crippen molar-refractivity contribution < 1.29 is 234 Å². The summed E-state index contributed by atoms with van der Waals surface area (Å²) in [7, 11) is 0. The minimum Gasteiger partial charge on any atom is -0.504 e. The Balaban J connectivity index is 1.08. The highest BCUT2D eigenvalue weighted by Crippen LogP contribution is 2.62. The third-order valence-electron chi connectivity index (χ3n) is 19.3. The number of aliphatic hydroxyl groups is 1. The van der Waals surface area contributed by atoms with Gasteiger partial charge in [0.25, 0.3) is 0 Å². The molecule has 0 radical (unpaired) electrons. The highest BCUT2D eigenvalue weighted by molar-refractivity contribution is 6.12. The molecule has 122 heavy (non-hydrogen) atoms. The van der Waals surface area contributed by atoms with Gasteiger partial charge in [-0.05, 0) is 72.8 Å². The van der Waals surface area contributed by atoms with Crippen LogP contribution in [0.2, 0.25) is 0 Å². The largest absolute Gasteiger partial charge is 0.504 e. The lowest BCUT2D eigenvalue weighted by atomic mass is 9.73. The average molecular weight is 1710 g/mol. The van der Waals surface area contributed by atoms with Crippen molar-refractivity contribution in [1.29, 1.82) is 0 Å². The maximum absolute atomic E-state index is 16.4. The van der Waals surface area contributed by atoms with E-state index in [0.29, 0.717) is 54.6 Å². The van der Waals surface area contributed by atoms with Crippen LogP contribution in [0.5, 0.6) is 155 Å². The lowest BCUT2D eigenvalue weighted by Crippen LogP contribution is -2.63. The lowest BCUT2D eigenvalue weighted by Gasteiger charge is -2.44. The molecule has 13 rings (SSSR count). The molecule has 4 aliphatic rings. The summed E-state index contributed by atoms with van der Waals surface area (Å²) in [6.07, 6.45) is -28.1. The molecule has 0 saturated carbocycles. The van der Waals surface area contributed by atoms with Crippen LogP contribution in [0.4, 0.5) is 0 Å². The monoisotopic (exact) mass is 1710 g/mol. The Hall–Kier alpha value is -17.3. The predicted octanol–water partition coefficient (Wildman–Crippen LogP) is 2.45. The first kappa shape index (κ1) is 82.7. The molecule has 9 aromatic rings. The average Bonchev–Trinajstić information content (AvgIpc) is 0.717. The number of cyclic esters (lactones) is 3. The van der Waals surface area contributed by atoms with Gasteiger partial charge < -0.3 is 190 Å². The van der Waals surface area contributed by atoms with E-state index in [1.807, 2.05) is 0 Å². The van der Waals surface area contributed by atoms with E-state index in [9.17, 15) is 167 Å². The maximum Gasteiger partial charge on any atom is 0.340 e. The highest BCUT2D eigenvalue weighted by atomic mass is 16.8. The summed E-state index contributed by atoms with van der Waals surface area (Å²) in [4.78, 5) is 135. The van der Waals surface area contributed by atoms with Crippen molar-refractivity contribution in [2.24, 2.45) is 0 Å². The topological polar surface area (TPSA) is 812 Å². The Kier molecular flexibility index (Phi) is 20.6. The summed E-state index contributed by atoms with van der Waals surface area (Å²) >= 11 is 0. The van der Waals surface area contributed by atoms with Gasteiger partial charge in [-0.2, -0.15) is 0 Å². The fraction of sp³-hybridized carbons (Fsp3) is 0.160. The van der Waals surface area contributed by atoms with E-state index in [1.54, 1.807) is 0 Å².